The van der Waals surface area contributed by atoms with Gasteiger partial charge in [-0.1, -0.05) is 18.2 Å². The third kappa shape index (κ3) is 2.30. The van der Waals surface area contributed by atoms with Gasteiger partial charge in [0.15, 0.2) is 0 Å². The molecular formula is C13H10FNO2. The number of nitrogens with zero attached hydrogens (tertiary/aromatic N) is 1. The van der Waals surface area contributed by atoms with Gasteiger partial charge in [0.25, 0.3) is 0 Å². The largest absolute Gasteiger partial charge is 0.477 e. The maximum Gasteiger partial charge on any atom is 0.354 e. The molecule has 0 aliphatic heterocycles. The number of carboxylic acid groups (broad SMARTS) is 1. The van der Waals surface area contributed by atoms with E-state index < -0.39 is 5.97 Å². The fourth-order valence-electron chi connectivity index (χ4n) is 1.53. The molecule has 1 N–H and O–H groups in total. The molecule has 17 heavy (non-hydrogen) atoms. The molecule has 1 heterocycles. The van der Waals surface area contributed by atoms with E-state index in [0.29, 0.717) is 11.1 Å². The Morgan fingerprint density at radius 1 is 1.29 bits per heavy atom. The molecule has 0 fully saturated rings. The van der Waals surface area contributed by atoms with Gasteiger partial charge in [-0.2, -0.15) is 0 Å². The van der Waals surface area contributed by atoms with Crippen molar-refractivity contribution in [2.24, 2.45) is 0 Å². The van der Waals surface area contributed by atoms with Crippen LogP contribution >= 0.6 is 0 Å². The average molecular weight is 231 g/mol. The van der Waals surface area contributed by atoms with Gasteiger partial charge in [-0.15, -0.1) is 0 Å². The third-order valence-corrected chi connectivity index (χ3v) is 2.42. The van der Waals surface area contributed by atoms with Crippen LogP contribution in [0, 0.1) is 12.7 Å². The van der Waals surface area contributed by atoms with Crippen LogP contribution in [0.1, 0.15) is 16.1 Å². The molecule has 0 radical (unpaired) electrons. The predicted molar refractivity (Wildman–Crippen MR) is 61.3 cm³/mol. The Hall–Kier alpha value is -2.23. The van der Waals surface area contributed by atoms with Crippen LogP contribution in [-0.4, -0.2) is 16.1 Å². The maximum absolute atomic E-state index is 13.7. The minimum absolute atomic E-state index is 0.0544. The monoisotopic (exact) mass is 231 g/mol. The molecule has 0 bridgehead atoms. The van der Waals surface area contributed by atoms with Gasteiger partial charge in [0, 0.05) is 17.3 Å². The van der Waals surface area contributed by atoms with E-state index in [1.54, 1.807) is 25.1 Å². The fraction of sp³-hybridized carbons (Fsp3) is 0.0769. The summed E-state index contributed by atoms with van der Waals surface area (Å²) in [5.74, 6) is -1.43. The zero-order chi connectivity index (χ0) is 12.4. The normalized spacial score (nSPS) is 10.2. The van der Waals surface area contributed by atoms with Gasteiger partial charge in [-0.3, -0.25) is 0 Å². The standard InChI is InChI=1S/C13H10FNO2/c1-8-2-4-10(11(14)6-8)9-3-5-12(13(16)17)15-7-9/h2-7H,1H3,(H,16,17). The van der Waals surface area contributed by atoms with Crippen LogP contribution in [0.4, 0.5) is 4.39 Å². The highest BCUT2D eigenvalue weighted by Crippen LogP contribution is 2.22. The Labute approximate surface area is 97.6 Å². The Morgan fingerprint density at radius 2 is 2.06 bits per heavy atom. The van der Waals surface area contributed by atoms with Crippen LogP contribution in [0.3, 0.4) is 0 Å². The van der Waals surface area contributed by atoms with Crippen molar-refractivity contribution >= 4 is 5.97 Å². The Morgan fingerprint density at radius 3 is 2.59 bits per heavy atom. The molecule has 1 aromatic heterocycles. The molecule has 3 nitrogen and oxygen atoms in total. The van der Waals surface area contributed by atoms with E-state index >= 15 is 0 Å². The number of hydrogen-bond acceptors (Lipinski definition) is 2. The zero-order valence-electron chi connectivity index (χ0n) is 9.14. The summed E-state index contributed by atoms with van der Waals surface area (Å²) in [7, 11) is 0. The number of halogens is 1. The van der Waals surface area contributed by atoms with Crippen molar-refractivity contribution in [3.63, 3.8) is 0 Å². The molecule has 0 saturated heterocycles. The van der Waals surface area contributed by atoms with E-state index in [0.717, 1.165) is 5.56 Å². The maximum atomic E-state index is 13.7. The smallest absolute Gasteiger partial charge is 0.354 e. The highest BCUT2D eigenvalue weighted by atomic mass is 19.1. The highest BCUT2D eigenvalue weighted by molar-refractivity contribution is 5.85. The van der Waals surface area contributed by atoms with E-state index in [1.165, 1.54) is 18.3 Å². The van der Waals surface area contributed by atoms with Crippen LogP contribution < -0.4 is 0 Å². The van der Waals surface area contributed by atoms with Gasteiger partial charge in [0.05, 0.1) is 0 Å². The van der Waals surface area contributed by atoms with E-state index in [1.807, 2.05) is 0 Å². The summed E-state index contributed by atoms with van der Waals surface area (Å²) < 4.78 is 13.7. The van der Waals surface area contributed by atoms with Crippen molar-refractivity contribution in [3.8, 4) is 11.1 Å². The Bertz CT molecular complexity index is 564. The molecule has 86 valence electrons. The molecule has 0 atom stereocenters. The lowest BCUT2D eigenvalue weighted by Gasteiger charge is -2.04. The second kappa shape index (κ2) is 4.33. The lowest BCUT2D eigenvalue weighted by atomic mass is 10.1. The van der Waals surface area contributed by atoms with Gasteiger partial charge >= 0.3 is 5.97 Å². The lowest BCUT2D eigenvalue weighted by molar-refractivity contribution is 0.0690. The minimum Gasteiger partial charge on any atom is -0.477 e. The summed E-state index contributed by atoms with van der Waals surface area (Å²) in [5, 5.41) is 8.70. The van der Waals surface area contributed by atoms with Crippen LogP contribution in [0.5, 0.6) is 0 Å². The highest BCUT2D eigenvalue weighted by Gasteiger charge is 2.08. The summed E-state index contributed by atoms with van der Waals surface area (Å²) in [5.41, 5.74) is 1.76. The molecule has 0 amide bonds. The van der Waals surface area contributed by atoms with Crippen LogP contribution in [0.25, 0.3) is 11.1 Å². The second-order valence-electron chi connectivity index (χ2n) is 3.72. The van der Waals surface area contributed by atoms with Crippen molar-refractivity contribution < 1.29 is 14.3 Å². The number of pyridine rings is 1. The number of carbonyl (C=O) groups is 1. The van der Waals surface area contributed by atoms with Gasteiger partial charge in [-0.25, -0.2) is 14.2 Å². The molecule has 2 aromatic rings. The topological polar surface area (TPSA) is 50.2 Å². The first-order chi connectivity index (χ1) is 8.08. The summed E-state index contributed by atoms with van der Waals surface area (Å²) in [4.78, 5) is 14.4. The summed E-state index contributed by atoms with van der Waals surface area (Å²) in [6.45, 7) is 1.80. The first kappa shape index (κ1) is 11.3. The van der Waals surface area contributed by atoms with Crippen LogP contribution in [0.2, 0.25) is 0 Å². The molecule has 2 rings (SSSR count). The molecule has 0 aliphatic carbocycles. The number of hydrogen-bond donors (Lipinski definition) is 1. The second-order valence-corrected chi connectivity index (χ2v) is 3.72. The summed E-state index contributed by atoms with van der Waals surface area (Å²) >= 11 is 0. The molecule has 1 aromatic carbocycles. The number of aromatic carboxylic acids is 1. The van der Waals surface area contributed by atoms with Gasteiger partial charge in [-0.05, 0) is 24.6 Å². The fourth-order valence-corrected chi connectivity index (χ4v) is 1.53. The summed E-state index contributed by atoms with van der Waals surface area (Å²) in [6, 6.07) is 7.78. The van der Waals surface area contributed by atoms with Gasteiger partial charge in [0.1, 0.15) is 11.5 Å². The van der Waals surface area contributed by atoms with Crippen molar-refractivity contribution in [1.29, 1.82) is 0 Å². The van der Waals surface area contributed by atoms with Crippen molar-refractivity contribution in [3.05, 3.63) is 53.6 Å². The van der Waals surface area contributed by atoms with Crippen molar-refractivity contribution in [2.75, 3.05) is 0 Å². The predicted octanol–water partition coefficient (Wildman–Crippen LogP) is 2.89. The average Bonchev–Trinajstić information content (AvgIpc) is 2.29. The zero-order valence-corrected chi connectivity index (χ0v) is 9.14. The molecule has 0 saturated carbocycles. The van der Waals surface area contributed by atoms with Crippen molar-refractivity contribution in [1.82, 2.24) is 4.98 Å². The van der Waals surface area contributed by atoms with Gasteiger partial charge < -0.3 is 5.11 Å². The van der Waals surface area contributed by atoms with E-state index in [9.17, 15) is 9.18 Å². The number of aryl methyl sites for hydroxylation is 1. The van der Waals surface area contributed by atoms with Crippen LogP contribution in [-0.2, 0) is 0 Å². The van der Waals surface area contributed by atoms with Crippen molar-refractivity contribution in [2.45, 2.75) is 6.92 Å². The first-order valence-corrected chi connectivity index (χ1v) is 5.04. The Balaban J connectivity index is 2.43. The molecule has 4 heteroatoms. The quantitative estimate of drug-likeness (QED) is 0.864. The Kier molecular flexibility index (Phi) is 2.87. The first-order valence-electron chi connectivity index (χ1n) is 5.04. The van der Waals surface area contributed by atoms with E-state index in [-0.39, 0.29) is 11.5 Å². The molecule has 0 aliphatic rings. The molecule has 0 unspecified atom stereocenters. The number of carboxylic acids is 1. The SMILES string of the molecule is Cc1ccc(-c2ccc(C(=O)O)nc2)c(F)c1. The van der Waals surface area contributed by atoms with E-state index in [2.05, 4.69) is 4.98 Å². The lowest BCUT2D eigenvalue weighted by Crippen LogP contribution is -1.99. The summed E-state index contributed by atoms with van der Waals surface area (Å²) in [6.07, 6.45) is 1.36. The number of rotatable bonds is 2. The third-order valence-electron chi connectivity index (χ3n) is 2.42. The van der Waals surface area contributed by atoms with E-state index in [4.69, 9.17) is 5.11 Å². The molecular weight excluding hydrogens is 221 g/mol. The molecule has 0 spiro atoms. The number of aromatic nitrogens is 1. The van der Waals surface area contributed by atoms with Crippen LogP contribution in [0.15, 0.2) is 36.5 Å². The van der Waals surface area contributed by atoms with Gasteiger partial charge in [0.2, 0.25) is 0 Å². The minimum atomic E-state index is -1.10. The number of benzene rings is 1.